The first kappa shape index (κ1) is 26.6. The number of carbonyl (C=O) groups is 2. The van der Waals surface area contributed by atoms with Crippen molar-refractivity contribution in [3.05, 3.63) is 12.2 Å². The van der Waals surface area contributed by atoms with E-state index >= 15 is 0 Å². The van der Waals surface area contributed by atoms with Crippen molar-refractivity contribution in [3.63, 3.8) is 0 Å². The Balaban J connectivity index is 4.72. The summed E-state index contributed by atoms with van der Waals surface area (Å²) in [5, 5.41) is 0. The van der Waals surface area contributed by atoms with Crippen LogP contribution in [-0.4, -0.2) is 59.4 Å². The van der Waals surface area contributed by atoms with Gasteiger partial charge in [-0.25, -0.2) is 9.59 Å². The van der Waals surface area contributed by atoms with Crippen LogP contribution in [0.1, 0.15) is 81.1 Å². The summed E-state index contributed by atoms with van der Waals surface area (Å²) in [6, 6.07) is 0.644. The normalized spacial score (nSPS) is 16.2. The van der Waals surface area contributed by atoms with Gasteiger partial charge in [0.1, 0.15) is 0 Å². The van der Waals surface area contributed by atoms with Crippen LogP contribution in [0, 0.1) is 0 Å². The minimum atomic E-state index is -0.533. The maximum atomic E-state index is 12.1. The van der Waals surface area contributed by atoms with Gasteiger partial charge in [0.25, 0.3) is 0 Å². The molecule has 0 aliphatic heterocycles. The second-order valence-electron chi connectivity index (χ2n) is 7.40. The van der Waals surface area contributed by atoms with Crippen LogP contribution in [0.3, 0.4) is 0 Å². The summed E-state index contributed by atoms with van der Waals surface area (Å²) < 4.78 is 10.9. The molecule has 0 N–H and O–H groups in total. The van der Waals surface area contributed by atoms with Crippen LogP contribution in [-0.2, 0) is 19.1 Å². The fourth-order valence-corrected chi connectivity index (χ4v) is 3.19. The molecule has 0 amide bonds. The van der Waals surface area contributed by atoms with Crippen molar-refractivity contribution in [3.8, 4) is 0 Å². The first-order valence-electron chi connectivity index (χ1n) is 10.8. The third-order valence-electron chi connectivity index (χ3n) is 5.14. The molecular weight excluding hydrogens is 356 g/mol. The monoisotopic (exact) mass is 398 g/mol. The molecule has 0 fully saturated rings. The van der Waals surface area contributed by atoms with Crippen LogP contribution in [0.2, 0.25) is 0 Å². The lowest BCUT2D eigenvalue weighted by atomic mass is 10.2. The van der Waals surface area contributed by atoms with E-state index in [1.165, 1.54) is 0 Å². The Morgan fingerprint density at radius 3 is 1.29 bits per heavy atom. The van der Waals surface area contributed by atoms with E-state index in [9.17, 15) is 9.59 Å². The van der Waals surface area contributed by atoms with Gasteiger partial charge in [0, 0.05) is 37.3 Å². The number of ether oxygens (including phenoxy) is 2. The molecule has 0 aliphatic rings. The van der Waals surface area contributed by atoms with Gasteiger partial charge in [0.05, 0.1) is 0 Å². The summed E-state index contributed by atoms with van der Waals surface area (Å²) in [6.07, 6.45) is 5.55. The molecule has 0 aromatic heterocycles. The Kier molecular flexibility index (Phi) is 13.8. The molecule has 0 radical (unpaired) electrons. The third kappa shape index (κ3) is 9.69. The standard InChI is InChI=1S/C22H42N2O4/c1-9-15-23(17(5)11-3)19(7)27-21(25)13-14-22(26)28-20(8)24(16-10-2)18(6)12-4/h13-14,17-20H,9-12,15-16H2,1-8H3/b14-13-. The average Bonchev–Trinajstić information content (AvgIpc) is 2.67. The highest BCUT2D eigenvalue weighted by atomic mass is 16.6. The molecule has 0 saturated carbocycles. The lowest BCUT2D eigenvalue weighted by Crippen LogP contribution is -2.43. The Hall–Kier alpha value is -1.40. The molecular formula is C22H42N2O4. The van der Waals surface area contributed by atoms with E-state index < -0.39 is 11.9 Å². The predicted octanol–water partition coefficient (Wildman–Crippen LogP) is 4.34. The number of hydrogen-bond acceptors (Lipinski definition) is 6. The third-order valence-corrected chi connectivity index (χ3v) is 5.14. The molecule has 0 aliphatic carbocycles. The van der Waals surface area contributed by atoms with Crippen LogP contribution in [0.5, 0.6) is 0 Å². The van der Waals surface area contributed by atoms with Crippen molar-refractivity contribution in [2.75, 3.05) is 13.1 Å². The van der Waals surface area contributed by atoms with E-state index in [0.29, 0.717) is 12.1 Å². The van der Waals surface area contributed by atoms with E-state index in [2.05, 4.69) is 51.3 Å². The number of carbonyl (C=O) groups excluding carboxylic acids is 2. The Morgan fingerprint density at radius 1 is 0.714 bits per heavy atom. The zero-order valence-corrected chi connectivity index (χ0v) is 19.2. The van der Waals surface area contributed by atoms with Gasteiger partial charge in [0.15, 0.2) is 12.5 Å². The van der Waals surface area contributed by atoms with Crippen molar-refractivity contribution in [1.82, 2.24) is 9.80 Å². The molecule has 4 atom stereocenters. The minimum Gasteiger partial charge on any atom is -0.443 e. The maximum Gasteiger partial charge on any atom is 0.332 e. The molecule has 28 heavy (non-hydrogen) atoms. The highest BCUT2D eigenvalue weighted by molar-refractivity contribution is 5.91. The molecule has 0 aromatic carbocycles. The maximum absolute atomic E-state index is 12.1. The average molecular weight is 399 g/mol. The molecule has 0 spiro atoms. The summed E-state index contributed by atoms with van der Waals surface area (Å²) in [5.74, 6) is -1.07. The quantitative estimate of drug-likeness (QED) is 0.246. The van der Waals surface area contributed by atoms with Crippen LogP contribution in [0.4, 0.5) is 0 Å². The number of nitrogens with zero attached hydrogens (tertiary/aromatic N) is 2. The molecule has 6 nitrogen and oxygen atoms in total. The zero-order chi connectivity index (χ0) is 21.7. The fraction of sp³-hybridized carbons (Fsp3) is 0.818. The molecule has 4 unspecified atom stereocenters. The van der Waals surface area contributed by atoms with E-state index in [4.69, 9.17) is 9.47 Å². The van der Waals surface area contributed by atoms with Crippen LogP contribution >= 0.6 is 0 Å². The summed E-state index contributed by atoms with van der Waals surface area (Å²) in [5.41, 5.74) is 0. The van der Waals surface area contributed by atoms with Crippen molar-refractivity contribution in [1.29, 1.82) is 0 Å². The van der Waals surface area contributed by atoms with Gasteiger partial charge in [-0.3, -0.25) is 9.80 Å². The molecule has 0 heterocycles. The smallest absolute Gasteiger partial charge is 0.332 e. The highest BCUT2D eigenvalue weighted by Gasteiger charge is 2.22. The minimum absolute atomic E-state index is 0.322. The van der Waals surface area contributed by atoms with Gasteiger partial charge < -0.3 is 9.47 Å². The molecule has 164 valence electrons. The lowest BCUT2D eigenvalue weighted by molar-refractivity contribution is -0.156. The first-order valence-corrected chi connectivity index (χ1v) is 10.8. The van der Waals surface area contributed by atoms with E-state index in [1.54, 1.807) is 0 Å². The Labute approximate surface area is 172 Å². The van der Waals surface area contributed by atoms with Gasteiger partial charge in [-0.1, -0.05) is 27.7 Å². The summed E-state index contributed by atoms with van der Waals surface area (Å²) in [6.45, 7) is 18.1. The van der Waals surface area contributed by atoms with Crippen molar-refractivity contribution in [2.45, 2.75) is 106 Å². The van der Waals surface area contributed by atoms with E-state index in [0.717, 1.165) is 50.9 Å². The molecule has 0 bridgehead atoms. The SMILES string of the molecule is CCCN(C(C)CC)C(C)OC(=O)/C=C\C(=O)OC(C)N(CCC)C(C)CC. The first-order chi connectivity index (χ1) is 13.2. The van der Waals surface area contributed by atoms with Crippen LogP contribution < -0.4 is 0 Å². The van der Waals surface area contributed by atoms with Gasteiger partial charge in [-0.05, 0) is 53.4 Å². The zero-order valence-electron chi connectivity index (χ0n) is 19.2. The van der Waals surface area contributed by atoms with E-state index in [-0.39, 0.29) is 12.5 Å². The summed E-state index contributed by atoms with van der Waals surface area (Å²) in [7, 11) is 0. The Morgan fingerprint density at radius 2 is 1.04 bits per heavy atom. The lowest BCUT2D eigenvalue weighted by Gasteiger charge is -2.33. The molecule has 0 aromatic rings. The van der Waals surface area contributed by atoms with Gasteiger partial charge in [-0.15, -0.1) is 0 Å². The number of esters is 2. The second-order valence-corrected chi connectivity index (χ2v) is 7.40. The molecule has 0 saturated heterocycles. The molecule has 0 rings (SSSR count). The summed E-state index contributed by atoms with van der Waals surface area (Å²) in [4.78, 5) is 28.5. The summed E-state index contributed by atoms with van der Waals surface area (Å²) >= 11 is 0. The van der Waals surface area contributed by atoms with Gasteiger partial charge >= 0.3 is 11.9 Å². The topological polar surface area (TPSA) is 59.1 Å². The van der Waals surface area contributed by atoms with Gasteiger partial charge in [-0.2, -0.15) is 0 Å². The molecule has 6 heteroatoms. The van der Waals surface area contributed by atoms with E-state index in [1.807, 2.05) is 13.8 Å². The van der Waals surface area contributed by atoms with Crippen molar-refractivity contribution in [2.24, 2.45) is 0 Å². The largest absolute Gasteiger partial charge is 0.443 e. The number of rotatable bonds is 14. The fourth-order valence-electron chi connectivity index (χ4n) is 3.19. The Bertz CT molecular complexity index is 439. The van der Waals surface area contributed by atoms with Crippen LogP contribution in [0.25, 0.3) is 0 Å². The van der Waals surface area contributed by atoms with Crippen molar-refractivity contribution >= 4 is 11.9 Å². The highest BCUT2D eigenvalue weighted by Crippen LogP contribution is 2.12. The van der Waals surface area contributed by atoms with Crippen molar-refractivity contribution < 1.29 is 19.1 Å². The van der Waals surface area contributed by atoms with Crippen LogP contribution in [0.15, 0.2) is 12.2 Å². The second kappa shape index (κ2) is 14.6. The van der Waals surface area contributed by atoms with Gasteiger partial charge in [0.2, 0.25) is 0 Å². The number of hydrogen-bond donors (Lipinski definition) is 0. The predicted molar refractivity (Wildman–Crippen MR) is 114 cm³/mol.